The molecule has 2 saturated carbocycles. The van der Waals surface area contributed by atoms with Crippen molar-refractivity contribution in [2.75, 3.05) is 105 Å². The van der Waals surface area contributed by atoms with Crippen LogP contribution in [0.2, 0.25) is 0 Å². The first kappa shape index (κ1) is 53.5. The van der Waals surface area contributed by atoms with Crippen LogP contribution in [0.25, 0.3) is 44.3 Å². The zero-order valence-electron chi connectivity index (χ0n) is 42.6. The molecule has 0 radical (unpaired) electrons. The summed E-state index contributed by atoms with van der Waals surface area (Å²) in [5.41, 5.74) is 14.3. The number of carboxylic acids is 1. The molecule has 73 heavy (non-hydrogen) atoms. The van der Waals surface area contributed by atoms with E-state index in [2.05, 4.69) is 119 Å². The van der Waals surface area contributed by atoms with Gasteiger partial charge in [0.1, 0.15) is 0 Å². The smallest absolute Gasteiger partial charge is 0.337 e. The number of benzene rings is 4. The van der Waals surface area contributed by atoms with Gasteiger partial charge in [0.2, 0.25) is 0 Å². The Morgan fingerprint density at radius 3 is 1.40 bits per heavy atom. The van der Waals surface area contributed by atoms with Gasteiger partial charge in [-0.3, -0.25) is 9.80 Å². The highest BCUT2D eigenvalue weighted by Gasteiger charge is 2.33. The molecule has 6 heterocycles. The molecular formula is C59H74Cl2N6O4S2. The standard InChI is InChI=1S/C30H37N3O2S.C29H35N3O2S.2ClH/c1-35-30(34)23-11-12-24-27(21-23)33-16-15-32(14-13-31-17-19-36-20-18-31)26-10-6-5-9-25(26)29(33)28(24)22-7-3-2-4-8-22;33-29(34)22-10-11-23-26(20-22)32-15-14-31(13-12-30-16-18-35-19-17-30)25-9-5-4-8-24(25)28(32)27(23)21-6-2-1-3-7-21;;/h5-6,9-12,21-22H,2-4,7-8,13-20H2,1H3;4-5,8-11,20-21H,1-3,6-7,12-19H2,(H,33,34);2*1H. The SMILES string of the molecule is COC(=O)c1ccc2c(C3CCCCC3)c3n(c2c1)CCN(CCN1CCSCC1)c1ccccc1-3.Cl.Cl.O=C(O)c1ccc2c(C3CCCCC3)c3n(c2c1)CCN(CCN1CCSCC1)c1ccccc1-3. The van der Waals surface area contributed by atoms with Crippen molar-refractivity contribution in [3.63, 3.8) is 0 Å². The van der Waals surface area contributed by atoms with Gasteiger partial charge in [-0.05, 0) is 85.0 Å². The quantitative estimate of drug-likeness (QED) is 0.134. The number of halogens is 2. The first-order chi connectivity index (χ1) is 34.9. The van der Waals surface area contributed by atoms with E-state index in [0.29, 0.717) is 23.0 Å². The predicted octanol–water partition coefficient (Wildman–Crippen LogP) is 12.8. The summed E-state index contributed by atoms with van der Waals surface area (Å²) >= 11 is 4.14. The van der Waals surface area contributed by atoms with E-state index in [1.165, 1.54) is 182 Å². The van der Waals surface area contributed by atoms with Crippen LogP contribution in [0.4, 0.5) is 11.4 Å². The minimum absolute atomic E-state index is 0. The third kappa shape index (κ3) is 11.2. The average Bonchev–Trinajstić information content (AvgIpc) is 3.80. The van der Waals surface area contributed by atoms with E-state index in [1.807, 2.05) is 12.1 Å². The number of ether oxygens (including phenoxy) is 1. The van der Waals surface area contributed by atoms with Crippen LogP contribution in [0.15, 0.2) is 84.9 Å². The Kier molecular flexibility index (Phi) is 18.0. The van der Waals surface area contributed by atoms with Crippen molar-refractivity contribution in [1.82, 2.24) is 18.9 Å². The molecule has 4 fully saturated rings. The van der Waals surface area contributed by atoms with E-state index in [1.54, 1.807) is 6.07 Å². The lowest BCUT2D eigenvalue weighted by atomic mass is 9.81. The number of methoxy groups -OCH3 is 1. The molecule has 4 aromatic carbocycles. The summed E-state index contributed by atoms with van der Waals surface area (Å²) in [4.78, 5) is 34.7. The van der Waals surface area contributed by atoms with Crippen LogP contribution in [0.1, 0.15) is 108 Å². The molecule has 2 aromatic heterocycles. The number of nitrogens with zero attached hydrogens (tertiary/aromatic N) is 6. The number of esters is 1. The third-order valence-corrected chi connectivity index (χ3v) is 18.6. The van der Waals surface area contributed by atoms with Gasteiger partial charge in [0.05, 0.1) is 29.6 Å². The zero-order valence-corrected chi connectivity index (χ0v) is 45.9. The number of para-hydroxylation sites is 2. The van der Waals surface area contributed by atoms with Crippen LogP contribution in [0.3, 0.4) is 0 Å². The highest BCUT2D eigenvalue weighted by atomic mass is 35.5. The molecule has 12 rings (SSSR count). The van der Waals surface area contributed by atoms with Crippen molar-refractivity contribution in [1.29, 1.82) is 0 Å². The van der Waals surface area contributed by atoms with Crippen LogP contribution in [0.5, 0.6) is 0 Å². The fourth-order valence-corrected chi connectivity index (χ4v) is 15.0. The Morgan fingerprint density at radius 2 is 0.959 bits per heavy atom. The maximum absolute atomic E-state index is 12.4. The minimum atomic E-state index is -0.850. The van der Waals surface area contributed by atoms with Crippen LogP contribution in [-0.4, -0.2) is 132 Å². The van der Waals surface area contributed by atoms with Gasteiger partial charge in [0.25, 0.3) is 0 Å². The molecule has 0 atom stereocenters. The molecule has 2 saturated heterocycles. The molecular weight excluding hydrogens is 992 g/mol. The molecule has 0 bridgehead atoms. The number of rotatable bonds is 10. The number of hydrogen-bond acceptors (Lipinski definition) is 9. The summed E-state index contributed by atoms with van der Waals surface area (Å²) in [5, 5.41) is 12.3. The molecule has 10 nitrogen and oxygen atoms in total. The van der Waals surface area contributed by atoms with Crippen molar-refractivity contribution in [3.8, 4) is 22.5 Å². The Hall–Kier alpha value is -4.30. The van der Waals surface area contributed by atoms with Crippen LogP contribution >= 0.6 is 48.3 Å². The summed E-state index contributed by atoms with van der Waals surface area (Å²) in [7, 11) is 1.47. The Labute approximate surface area is 453 Å². The van der Waals surface area contributed by atoms with Gasteiger partial charge in [-0.1, -0.05) is 87.1 Å². The van der Waals surface area contributed by atoms with Gasteiger partial charge in [-0.2, -0.15) is 23.5 Å². The molecule has 1 N–H and O–H groups in total. The van der Waals surface area contributed by atoms with Crippen LogP contribution in [-0.2, 0) is 17.8 Å². The number of fused-ring (bicyclic) bond motifs is 10. The van der Waals surface area contributed by atoms with Gasteiger partial charge in [-0.15, -0.1) is 24.8 Å². The second-order valence-electron chi connectivity index (χ2n) is 20.7. The van der Waals surface area contributed by atoms with E-state index in [0.717, 1.165) is 57.9 Å². The third-order valence-electron chi connectivity index (χ3n) is 16.7. The van der Waals surface area contributed by atoms with Crippen LogP contribution in [0, 0.1) is 0 Å². The number of aromatic nitrogens is 2. The van der Waals surface area contributed by atoms with Crippen molar-refractivity contribution >= 4 is 93.5 Å². The maximum Gasteiger partial charge on any atom is 0.337 e. The Balaban J connectivity index is 0.000000175. The molecule has 390 valence electrons. The van der Waals surface area contributed by atoms with Gasteiger partial charge in [0, 0.05) is 146 Å². The van der Waals surface area contributed by atoms with E-state index in [9.17, 15) is 14.7 Å². The molecule has 0 spiro atoms. The lowest BCUT2D eigenvalue weighted by Crippen LogP contribution is -2.40. The normalized spacial score (nSPS) is 18.7. The van der Waals surface area contributed by atoms with Crippen LogP contribution < -0.4 is 9.80 Å². The van der Waals surface area contributed by atoms with Gasteiger partial charge in [-0.25, -0.2) is 9.59 Å². The monoisotopic (exact) mass is 1060 g/mol. The van der Waals surface area contributed by atoms with E-state index >= 15 is 0 Å². The zero-order chi connectivity index (χ0) is 48.3. The van der Waals surface area contributed by atoms with Crippen molar-refractivity contribution in [3.05, 3.63) is 107 Å². The molecule has 6 aliphatic rings. The lowest BCUT2D eigenvalue weighted by molar-refractivity contribution is 0.0600. The van der Waals surface area contributed by atoms with Gasteiger partial charge >= 0.3 is 11.9 Å². The Morgan fingerprint density at radius 1 is 0.534 bits per heavy atom. The lowest BCUT2D eigenvalue weighted by Gasteiger charge is -2.31. The molecule has 14 heteroatoms. The summed E-state index contributed by atoms with van der Waals surface area (Å²) in [6.45, 7) is 12.8. The Bertz CT molecular complexity index is 2860. The number of hydrogen-bond donors (Lipinski definition) is 1. The molecule has 2 aliphatic carbocycles. The number of aromatic carboxylic acids is 1. The van der Waals surface area contributed by atoms with Gasteiger partial charge in [0.15, 0.2) is 0 Å². The fourth-order valence-electron chi connectivity index (χ4n) is 13.0. The minimum Gasteiger partial charge on any atom is -0.478 e. The topological polar surface area (TPSA) is 86.4 Å². The van der Waals surface area contributed by atoms with E-state index < -0.39 is 5.97 Å². The summed E-state index contributed by atoms with van der Waals surface area (Å²) in [5.74, 6) is 4.99. The average molecular weight is 1070 g/mol. The number of thioether (sulfide) groups is 2. The number of carbonyl (C=O) groups excluding carboxylic acids is 1. The highest BCUT2D eigenvalue weighted by Crippen LogP contribution is 2.49. The van der Waals surface area contributed by atoms with E-state index in [4.69, 9.17) is 4.74 Å². The number of carboxylic acid groups (broad SMARTS) is 1. The van der Waals surface area contributed by atoms with Crippen molar-refractivity contribution in [2.24, 2.45) is 0 Å². The molecule has 4 aliphatic heterocycles. The van der Waals surface area contributed by atoms with E-state index in [-0.39, 0.29) is 30.8 Å². The maximum atomic E-state index is 12.4. The fraction of sp³-hybridized carbons (Fsp3) is 0.492. The highest BCUT2D eigenvalue weighted by molar-refractivity contribution is 7.99. The number of anilines is 2. The predicted molar refractivity (Wildman–Crippen MR) is 311 cm³/mol. The van der Waals surface area contributed by atoms with Gasteiger partial charge < -0.3 is 28.8 Å². The number of carbonyl (C=O) groups is 2. The second kappa shape index (κ2) is 24.6. The second-order valence-corrected chi connectivity index (χ2v) is 23.1. The molecule has 6 aromatic rings. The molecule has 0 unspecified atom stereocenters. The van der Waals surface area contributed by atoms with Crippen molar-refractivity contribution < 1.29 is 19.4 Å². The largest absolute Gasteiger partial charge is 0.478 e. The first-order valence-corrected chi connectivity index (χ1v) is 29.2. The molecule has 0 amide bonds. The first-order valence-electron chi connectivity index (χ1n) is 26.9. The summed E-state index contributed by atoms with van der Waals surface area (Å²) < 4.78 is 10.0. The van der Waals surface area contributed by atoms with Crippen molar-refractivity contribution in [2.45, 2.75) is 89.1 Å². The summed E-state index contributed by atoms with van der Waals surface area (Å²) in [6, 6.07) is 29.9. The summed E-state index contributed by atoms with van der Waals surface area (Å²) in [6.07, 6.45) is 12.8.